The van der Waals surface area contributed by atoms with Crippen molar-refractivity contribution in [3.63, 3.8) is 0 Å². The van der Waals surface area contributed by atoms with Crippen LogP contribution < -0.4 is 20.8 Å². The Morgan fingerprint density at radius 1 is 0.762 bits per heavy atom. The van der Waals surface area contributed by atoms with Crippen molar-refractivity contribution in [2.45, 2.75) is 24.4 Å². The summed E-state index contributed by atoms with van der Waals surface area (Å²) < 4.78 is 21.9. The van der Waals surface area contributed by atoms with Gasteiger partial charge in [0.25, 0.3) is 0 Å². The van der Waals surface area contributed by atoms with Crippen molar-refractivity contribution in [2.75, 3.05) is 65.8 Å². The quantitative estimate of drug-likeness (QED) is 0.211. The van der Waals surface area contributed by atoms with Gasteiger partial charge in [0.2, 0.25) is 0 Å². The van der Waals surface area contributed by atoms with E-state index in [1.54, 1.807) is 0 Å². The van der Waals surface area contributed by atoms with E-state index in [1.807, 2.05) is 60.7 Å². The number of rotatable bonds is 12. The predicted molar refractivity (Wildman–Crippen MR) is 149 cm³/mol. The first kappa shape index (κ1) is 35.0. The van der Waals surface area contributed by atoms with E-state index < -0.39 is 24.1 Å². The molecule has 2 aliphatic heterocycles. The van der Waals surface area contributed by atoms with Gasteiger partial charge < -0.3 is 59.6 Å². The molecule has 42 heavy (non-hydrogen) atoms. The van der Waals surface area contributed by atoms with Crippen LogP contribution in [0.3, 0.4) is 0 Å². The maximum absolute atomic E-state index is 9.87. The fraction of sp³-hybridized carbons (Fsp3) is 0.467. The SMILES string of the molecule is O=C([O-])/C=C/C(=O)[O-].OC(COCC1CNCCO1)c1ccccc1.OC(COCC1CNCCO1)c1ccccc1. The Labute approximate surface area is 245 Å². The molecular weight excluding hydrogens is 548 g/mol. The molecular formula is C30H40N2O10-2. The van der Waals surface area contributed by atoms with E-state index in [1.165, 1.54) is 0 Å². The Morgan fingerprint density at radius 3 is 1.45 bits per heavy atom. The van der Waals surface area contributed by atoms with Gasteiger partial charge in [-0.1, -0.05) is 60.7 Å². The summed E-state index contributed by atoms with van der Waals surface area (Å²) in [7, 11) is 0. The molecule has 0 aromatic heterocycles. The highest BCUT2D eigenvalue weighted by Crippen LogP contribution is 2.13. The Morgan fingerprint density at radius 2 is 1.14 bits per heavy atom. The standard InChI is InChI=1S/2C13H19NO3.C4H4O4/c2*15-13(11-4-2-1-3-5-11)10-16-9-12-8-14-6-7-17-12;5-3(6)1-2-4(7)8/h2*1-5,12-15H,6-10H2;1-2H,(H,5,6)(H,7,8)/p-2/b;;2-1+. The van der Waals surface area contributed by atoms with Crippen molar-refractivity contribution < 1.29 is 49.0 Å². The Balaban J connectivity index is 0.000000236. The summed E-state index contributed by atoms with van der Waals surface area (Å²) in [6.07, 6.45) is -0.149. The van der Waals surface area contributed by atoms with Gasteiger partial charge in [-0.15, -0.1) is 0 Å². The first-order valence-electron chi connectivity index (χ1n) is 13.7. The number of aliphatic hydroxyl groups is 2. The Hall–Kier alpha value is -3.20. The molecule has 4 unspecified atom stereocenters. The minimum Gasteiger partial charge on any atom is -0.545 e. The van der Waals surface area contributed by atoms with E-state index in [2.05, 4.69) is 10.6 Å². The van der Waals surface area contributed by atoms with Crippen LogP contribution in [0.1, 0.15) is 23.3 Å². The smallest absolute Gasteiger partial charge is 0.102 e. The van der Waals surface area contributed by atoms with Crippen LogP contribution in [0, 0.1) is 0 Å². The third-order valence-corrected chi connectivity index (χ3v) is 5.89. The highest BCUT2D eigenvalue weighted by atomic mass is 16.5. The average Bonchev–Trinajstić information content (AvgIpc) is 3.02. The van der Waals surface area contributed by atoms with Crippen molar-refractivity contribution >= 4 is 11.9 Å². The van der Waals surface area contributed by atoms with Gasteiger partial charge in [-0.2, -0.15) is 0 Å². The lowest BCUT2D eigenvalue weighted by molar-refractivity contribution is -0.301. The summed E-state index contributed by atoms with van der Waals surface area (Å²) in [6.45, 7) is 6.58. The number of carbonyl (C=O) groups is 2. The molecule has 12 heteroatoms. The molecule has 0 amide bonds. The van der Waals surface area contributed by atoms with Crippen molar-refractivity contribution in [2.24, 2.45) is 0 Å². The molecule has 2 aromatic rings. The van der Waals surface area contributed by atoms with E-state index in [0.29, 0.717) is 38.6 Å². The molecule has 2 aromatic carbocycles. The fourth-order valence-corrected chi connectivity index (χ4v) is 3.75. The van der Waals surface area contributed by atoms with Gasteiger partial charge in [0, 0.05) is 26.2 Å². The molecule has 0 radical (unpaired) electrons. The zero-order valence-corrected chi connectivity index (χ0v) is 23.5. The van der Waals surface area contributed by atoms with Crippen molar-refractivity contribution in [3.05, 3.63) is 83.9 Å². The molecule has 4 atom stereocenters. The van der Waals surface area contributed by atoms with Gasteiger partial charge in [0.15, 0.2) is 0 Å². The van der Waals surface area contributed by atoms with Gasteiger partial charge in [0.1, 0.15) is 12.2 Å². The van der Waals surface area contributed by atoms with E-state index in [0.717, 1.165) is 50.5 Å². The molecule has 232 valence electrons. The van der Waals surface area contributed by atoms with Crippen LogP contribution in [0.25, 0.3) is 0 Å². The molecule has 0 bridgehead atoms. The first-order chi connectivity index (χ1) is 20.3. The van der Waals surface area contributed by atoms with Gasteiger partial charge in [-0.05, 0) is 23.3 Å². The van der Waals surface area contributed by atoms with Crippen LogP contribution in [-0.2, 0) is 28.5 Å². The van der Waals surface area contributed by atoms with Gasteiger partial charge in [-0.25, -0.2) is 0 Å². The van der Waals surface area contributed by atoms with Crippen molar-refractivity contribution in [1.29, 1.82) is 0 Å². The summed E-state index contributed by atoms with van der Waals surface area (Å²) in [5, 5.41) is 45.0. The summed E-state index contributed by atoms with van der Waals surface area (Å²) in [5.41, 5.74) is 1.77. The molecule has 0 spiro atoms. The number of carboxylic acid groups (broad SMARTS) is 2. The van der Waals surface area contributed by atoms with Crippen LogP contribution in [0.2, 0.25) is 0 Å². The topological polar surface area (TPSA) is 182 Å². The Bertz CT molecular complexity index is 932. The fourth-order valence-electron chi connectivity index (χ4n) is 3.75. The maximum atomic E-state index is 9.87. The van der Waals surface area contributed by atoms with E-state index >= 15 is 0 Å². The minimum absolute atomic E-state index is 0.103. The van der Waals surface area contributed by atoms with Crippen LogP contribution in [0.5, 0.6) is 0 Å². The average molecular weight is 589 g/mol. The highest BCUT2D eigenvalue weighted by Gasteiger charge is 2.15. The second kappa shape index (κ2) is 21.5. The predicted octanol–water partition coefficient (Wildman–Crippen LogP) is -1.51. The largest absolute Gasteiger partial charge is 0.545 e. The van der Waals surface area contributed by atoms with Crippen LogP contribution in [-0.4, -0.2) is 100 Å². The lowest BCUT2D eigenvalue weighted by Crippen LogP contribution is -2.41. The van der Waals surface area contributed by atoms with E-state index in [9.17, 15) is 30.0 Å². The number of ether oxygens (including phenoxy) is 4. The lowest BCUT2D eigenvalue weighted by atomic mass is 10.1. The number of morpholine rings is 2. The number of nitrogens with one attached hydrogen (secondary N) is 2. The molecule has 4 N–H and O–H groups in total. The number of carboxylic acids is 2. The van der Waals surface area contributed by atoms with Gasteiger partial charge in [0.05, 0.1) is 63.8 Å². The monoisotopic (exact) mass is 588 g/mol. The molecule has 4 rings (SSSR count). The molecule has 2 aliphatic rings. The highest BCUT2D eigenvalue weighted by molar-refractivity contribution is 5.87. The minimum atomic E-state index is -1.55. The Kier molecular flexibility index (Phi) is 17.9. The molecule has 2 heterocycles. The second-order valence-electron chi connectivity index (χ2n) is 9.29. The van der Waals surface area contributed by atoms with Crippen LogP contribution in [0.4, 0.5) is 0 Å². The zero-order valence-electron chi connectivity index (χ0n) is 23.5. The number of aliphatic hydroxyl groups excluding tert-OH is 2. The van der Waals surface area contributed by atoms with E-state index in [-0.39, 0.29) is 12.2 Å². The van der Waals surface area contributed by atoms with Gasteiger partial charge in [-0.3, -0.25) is 0 Å². The molecule has 12 nitrogen and oxygen atoms in total. The third kappa shape index (κ3) is 16.3. The van der Waals surface area contributed by atoms with E-state index in [4.69, 9.17) is 18.9 Å². The maximum Gasteiger partial charge on any atom is 0.102 e. The number of hydrogen-bond acceptors (Lipinski definition) is 12. The summed E-state index contributed by atoms with van der Waals surface area (Å²) in [4.78, 5) is 18.8. The summed E-state index contributed by atoms with van der Waals surface area (Å²) in [6, 6.07) is 19.1. The van der Waals surface area contributed by atoms with Crippen molar-refractivity contribution in [1.82, 2.24) is 10.6 Å². The number of hydrogen-bond donors (Lipinski definition) is 4. The molecule has 2 saturated heterocycles. The second-order valence-corrected chi connectivity index (χ2v) is 9.29. The number of aliphatic carboxylic acids is 2. The molecule has 0 saturated carbocycles. The summed E-state index contributed by atoms with van der Waals surface area (Å²) >= 11 is 0. The van der Waals surface area contributed by atoms with Gasteiger partial charge >= 0.3 is 0 Å². The molecule has 0 aliphatic carbocycles. The van der Waals surface area contributed by atoms with Crippen LogP contribution in [0.15, 0.2) is 72.8 Å². The third-order valence-electron chi connectivity index (χ3n) is 5.89. The van der Waals surface area contributed by atoms with Crippen molar-refractivity contribution in [3.8, 4) is 0 Å². The lowest BCUT2D eigenvalue weighted by Gasteiger charge is -2.23. The summed E-state index contributed by atoms with van der Waals surface area (Å²) in [5.74, 6) is -3.09. The number of benzene rings is 2. The molecule has 2 fully saturated rings. The van der Waals surface area contributed by atoms with Crippen LogP contribution >= 0.6 is 0 Å². The normalized spacial score (nSPS) is 19.9. The first-order valence-corrected chi connectivity index (χ1v) is 13.7. The zero-order chi connectivity index (χ0) is 30.4. The number of carbonyl (C=O) groups excluding carboxylic acids is 2.